The second kappa shape index (κ2) is 5.76. The quantitative estimate of drug-likeness (QED) is 0.867. The van der Waals surface area contributed by atoms with Gasteiger partial charge >= 0.3 is 4.87 Å². The summed E-state index contributed by atoms with van der Waals surface area (Å²) < 4.78 is 0. The Morgan fingerprint density at radius 1 is 1.17 bits per heavy atom. The van der Waals surface area contributed by atoms with E-state index in [1.165, 1.54) is 24.0 Å². The molecule has 0 unspecified atom stereocenters. The standard InChI is InChI=1S/C17H15NO3S2/c19-13(11-6-5-9-3-1-2-4-10(9)7-11)8-12-14-15(23-16(12)20)18-17(21)22-14/h5-7,12H,1-4,8H2,(H,18,21)/t12-/m0/s1. The first-order valence-corrected chi connectivity index (χ1v) is 9.35. The molecule has 1 aromatic carbocycles. The van der Waals surface area contributed by atoms with E-state index in [0.29, 0.717) is 10.6 Å². The molecule has 1 aromatic heterocycles. The highest BCUT2D eigenvalue weighted by atomic mass is 32.2. The number of hydrogen-bond donors (Lipinski definition) is 1. The second-order valence-corrected chi connectivity index (χ2v) is 8.03. The molecule has 0 amide bonds. The summed E-state index contributed by atoms with van der Waals surface area (Å²) in [4.78, 5) is 39.3. The van der Waals surface area contributed by atoms with Gasteiger partial charge < -0.3 is 4.98 Å². The first kappa shape index (κ1) is 14.9. The van der Waals surface area contributed by atoms with E-state index in [1.54, 1.807) is 0 Å². The molecule has 0 radical (unpaired) electrons. The zero-order valence-electron chi connectivity index (χ0n) is 12.4. The molecule has 2 heterocycles. The number of nitrogens with one attached hydrogen (secondary N) is 1. The number of aromatic amines is 1. The van der Waals surface area contributed by atoms with Gasteiger partial charge in [0, 0.05) is 12.0 Å². The van der Waals surface area contributed by atoms with Crippen LogP contribution in [0.5, 0.6) is 0 Å². The zero-order valence-corrected chi connectivity index (χ0v) is 14.0. The molecule has 23 heavy (non-hydrogen) atoms. The molecule has 1 aliphatic carbocycles. The van der Waals surface area contributed by atoms with Crippen molar-refractivity contribution in [3.05, 3.63) is 49.4 Å². The van der Waals surface area contributed by atoms with Crippen molar-refractivity contribution in [2.24, 2.45) is 0 Å². The van der Waals surface area contributed by atoms with Crippen molar-refractivity contribution < 1.29 is 9.59 Å². The zero-order chi connectivity index (χ0) is 16.0. The Kier molecular flexibility index (Phi) is 3.73. The van der Waals surface area contributed by atoms with Gasteiger partial charge in [-0.1, -0.05) is 23.5 Å². The molecule has 0 saturated carbocycles. The number of hydrogen-bond acceptors (Lipinski definition) is 5. The molecule has 0 spiro atoms. The molecule has 4 rings (SSSR count). The maximum absolute atomic E-state index is 12.6. The van der Waals surface area contributed by atoms with E-state index in [9.17, 15) is 14.4 Å². The minimum Gasteiger partial charge on any atom is -0.307 e. The molecule has 0 fully saturated rings. The normalized spacial score (nSPS) is 19.5. The monoisotopic (exact) mass is 345 g/mol. The lowest BCUT2D eigenvalue weighted by Crippen LogP contribution is -2.12. The highest BCUT2D eigenvalue weighted by Crippen LogP contribution is 2.43. The van der Waals surface area contributed by atoms with E-state index >= 15 is 0 Å². The third-order valence-corrected chi connectivity index (χ3v) is 6.64. The van der Waals surface area contributed by atoms with Crippen LogP contribution in [-0.2, 0) is 17.6 Å². The largest absolute Gasteiger partial charge is 0.307 e. The third-order valence-electron chi connectivity index (χ3n) is 4.51. The van der Waals surface area contributed by atoms with Crippen molar-refractivity contribution in [3.8, 4) is 0 Å². The first-order valence-electron chi connectivity index (χ1n) is 7.71. The molecular weight excluding hydrogens is 330 g/mol. The fraction of sp³-hybridized carbons (Fsp3) is 0.353. The van der Waals surface area contributed by atoms with Gasteiger partial charge in [-0.05, 0) is 54.6 Å². The summed E-state index contributed by atoms with van der Waals surface area (Å²) in [6.07, 6.45) is 4.64. The Hall–Kier alpha value is -1.66. The van der Waals surface area contributed by atoms with Crippen LogP contribution in [0.4, 0.5) is 0 Å². The average Bonchev–Trinajstić information content (AvgIpc) is 3.03. The Morgan fingerprint density at radius 3 is 2.78 bits per heavy atom. The highest BCUT2D eigenvalue weighted by Gasteiger charge is 2.36. The number of rotatable bonds is 3. The van der Waals surface area contributed by atoms with E-state index in [-0.39, 0.29) is 22.2 Å². The summed E-state index contributed by atoms with van der Waals surface area (Å²) in [6.45, 7) is 0. The topological polar surface area (TPSA) is 67.0 Å². The summed E-state index contributed by atoms with van der Waals surface area (Å²) in [5.41, 5.74) is 3.28. The van der Waals surface area contributed by atoms with Crippen LogP contribution in [-0.4, -0.2) is 15.9 Å². The fourth-order valence-electron chi connectivity index (χ4n) is 3.30. The number of fused-ring (bicyclic) bond motifs is 2. The molecule has 6 heteroatoms. The van der Waals surface area contributed by atoms with Gasteiger partial charge in [0.25, 0.3) is 0 Å². The summed E-state index contributed by atoms with van der Waals surface area (Å²) in [7, 11) is 0. The Balaban J connectivity index is 1.58. The van der Waals surface area contributed by atoms with Crippen LogP contribution >= 0.6 is 23.1 Å². The lowest BCUT2D eigenvalue weighted by molar-refractivity contribution is -0.111. The predicted molar refractivity (Wildman–Crippen MR) is 90.6 cm³/mol. The van der Waals surface area contributed by atoms with Crippen molar-refractivity contribution >= 4 is 34.0 Å². The van der Waals surface area contributed by atoms with Crippen LogP contribution in [0.1, 0.15) is 51.5 Å². The summed E-state index contributed by atoms with van der Waals surface area (Å²) >= 11 is 2.09. The molecule has 118 valence electrons. The van der Waals surface area contributed by atoms with E-state index in [2.05, 4.69) is 4.98 Å². The van der Waals surface area contributed by atoms with Crippen LogP contribution < -0.4 is 4.87 Å². The van der Waals surface area contributed by atoms with Crippen molar-refractivity contribution in [1.29, 1.82) is 0 Å². The van der Waals surface area contributed by atoms with Crippen LogP contribution in [0.15, 0.2) is 28.0 Å². The van der Waals surface area contributed by atoms with Gasteiger partial charge in [0.05, 0.1) is 15.8 Å². The SMILES string of the molecule is O=C(C[C@@H]1C(=O)Sc2[nH]c(=O)sc21)c1ccc2c(c1)CCCC2. The van der Waals surface area contributed by atoms with Gasteiger partial charge in [0.15, 0.2) is 5.78 Å². The minimum atomic E-state index is -0.484. The average molecular weight is 345 g/mol. The molecule has 2 aliphatic rings. The van der Waals surface area contributed by atoms with E-state index in [1.807, 2.05) is 18.2 Å². The molecule has 1 N–H and O–H groups in total. The lowest BCUT2D eigenvalue weighted by Gasteiger charge is -2.16. The number of aryl methyl sites for hydroxylation is 2. The Labute approximate surface area is 141 Å². The number of aromatic nitrogens is 1. The maximum atomic E-state index is 12.6. The van der Waals surface area contributed by atoms with Crippen LogP contribution in [0.3, 0.4) is 0 Å². The van der Waals surface area contributed by atoms with Gasteiger partial charge in [-0.25, -0.2) is 0 Å². The molecule has 2 aromatic rings. The number of ketones is 1. The van der Waals surface area contributed by atoms with Crippen molar-refractivity contribution in [3.63, 3.8) is 0 Å². The summed E-state index contributed by atoms with van der Waals surface area (Å²) in [5.74, 6) is -0.506. The first-order chi connectivity index (χ1) is 11.1. The minimum absolute atomic E-state index is 0.0222. The van der Waals surface area contributed by atoms with Crippen LogP contribution in [0.25, 0.3) is 0 Å². The van der Waals surface area contributed by atoms with Gasteiger partial charge in [0.1, 0.15) is 0 Å². The molecule has 0 saturated heterocycles. The molecule has 1 atom stereocenters. The number of carbonyl (C=O) groups is 2. The molecular formula is C17H15NO3S2. The summed E-state index contributed by atoms with van der Waals surface area (Å²) in [5, 5.41) is 0.571. The van der Waals surface area contributed by atoms with Crippen LogP contribution in [0, 0.1) is 0 Å². The van der Waals surface area contributed by atoms with Crippen molar-refractivity contribution in [1.82, 2.24) is 4.98 Å². The van der Waals surface area contributed by atoms with Crippen molar-refractivity contribution in [2.45, 2.75) is 43.0 Å². The number of thiazole rings is 1. The maximum Gasteiger partial charge on any atom is 0.305 e. The van der Waals surface area contributed by atoms with E-state index in [4.69, 9.17) is 0 Å². The van der Waals surface area contributed by atoms with Crippen LogP contribution in [0.2, 0.25) is 0 Å². The molecule has 4 nitrogen and oxygen atoms in total. The third kappa shape index (κ3) is 2.70. The Bertz CT molecular complexity index is 865. The van der Waals surface area contributed by atoms with Gasteiger partial charge in [-0.15, -0.1) is 0 Å². The smallest absolute Gasteiger partial charge is 0.305 e. The van der Waals surface area contributed by atoms with Gasteiger partial charge in [-0.2, -0.15) is 0 Å². The predicted octanol–water partition coefficient (Wildman–Crippen LogP) is 3.30. The number of Topliss-reactive ketones (excluding diaryl/α,β-unsaturated/α-hetero) is 1. The second-order valence-electron chi connectivity index (χ2n) is 6.00. The number of carbonyl (C=O) groups excluding carboxylic acids is 2. The lowest BCUT2D eigenvalue weighted by atomic mass is 9.88. The molecule has 1 aliphatic heterocycles. The Morgan fingerprint density at radius 2 is 1.96 bits per heavy atom. The highest BCUT2D eigenvalue weighted by molar-refractivity contribution is 8.14. The molecule has 0 bridgehead atoms. The fourth-order valence-corrected chi connectivity index (χ4v) is 5.45. The van der Waals surface area contributed by atoms with Gasteiger partial charge in [-0.3, -0.25) is 14.4 Å². The van der Waals surface area contributed by atoms with E-state index < -0.39 is 5.92 Å². The number of H-pyrrole nitrogens is 1. The number of thioether (sulfide) groups is 1. The summed E-state index contributed by atoms with van der Waals surface area (Å²) in [6, 6.07) is 5.91. The van der Waals surface area contributed by atoms with Crippen molar-refractivity contribution in [2.75, 3.05) is 0 Å². The van der Waals surface area contributed by atoms with E-state index in [0.717, 1.165) is 40.8 Å². The number of benzene rings is 1. The van der Waals surface area contributed by atoms with Gasteiger partial charge in [0.2, 0.25) is 5.12 Å².